The van der Waals surface area contributed by atoms with Crippen LogP contribution in [0.3, 0.4) is 0 Å². The van der Waals surface area contributed by atoms with Crippen molar-refractivity contribution in [1.29, 1.82) is 0 Å². The number of carbonyl (C=O) groups excluding carboxylic acids is 1. The molecule has 0 aromatic carbocycles. The minimum absolute atomic E-state index is 0.00796. The molecule has 1 amide bonds. The molecule has 1 aliphatic heterocycles. The second-order valence-electron chi connectivity index (χ2n) is 5.12. The number of anilines is 1. The van der Waals surface area contributed by atoms with Crippen LogP contribution in [-0.4, -0.2) is 46.8 Å². The Morgan fingerprint density at radius 3 is 2.94 bits per heavy atom. The Kier molecular flexibility index (Phi) is 2.95. The Labute approximate surface area is 105 Å². The van der Waals surface area contributed by atoms with Crippen molar-refractivity contribution in [3.8, 4) is 0 Å². The number of amides is 1. The Morgan fingerprint density at radius 2 is 2.39 bits per heavy atom. The van der Waals surface area contributed by atoms with Gasteiger partial charge in [0.2, 0.25) is 0 Å². The second-order valence-corrected chi connectivity index (χ2v) is 5.12. The number of nitrogen functional groups attached to an aromatic ring is 1. The molecule has 6 nitrogen and oxygen atoms in total. The zero-order valence-corrected chi connectivity index (χ0v) is 10.3. The molecule has 18 heavy (non-hydrogen) atoms. The number of aromatic nitrogens is 2. The Bertz CT molecular complexity index is 435. The summed E-state index contributed by atoms with van der Waals surface area (Å²) in [6.07, 6.45) is 3.24. The van der Waals surface area contributed by atoms with Gasteiger partial charge in [0, 0.05) is 31.2 Å². The predicted octanol–water partition coefficient (Wildman–Crippen LogP) is 0.633. The van der Waals surface area contributed by atoms with Gasteiger partial charge < -0.3 is 15.4 Å². The van der Waals surface area contributed by atoms with E-state index in [1.165, 1.54) is 0 Å². The number of aromatic amines is 1. The number of nitrogens with one attached hydrogen (secondary N) is 1. The molecule has 1 aliphatic carbocycles. The first-order valence-corrected chi connectivity index (χ1v) is 6.43. The fraction of sp³-hybridized carbons (Fsp3) is 0.667. The molecule has 1 unspecified atom stereocenters. The zero-order valence-electron chi connectivity index (χ0n) is 10.3. The molecule has 1 saturated heterocycles. The van der Waals surface area contributed by atoms with Crippen molar-refractivity contribution < 1.29 is 9.53 Å². The third kappa shape index (κ3) is 2.33. The largest absolute Gasteiger partial charge is 0.382 e. The van der Waals surface area contributed by atoms with Crippen LogP contribution in [0.4, 0.5) is 5.82 Å². The van der Waals surface area contributed by atoms with Gasteiger partial charge in [0.15, 0.2) is 0 Å². The third-order valence-corrected chi connectivity index (χ3v) is 3.56. The van der Waals surface area contributed by atoms with Crippen LogP contribution < -0.4 is 5.73 Å². The highest BCUT2D eigenvalue weighted by molar-refractivity contribution is 5.93. The quantitative estimate of drug-likeness (QED) is 0.821. The van der Waals surface area contributed by atoms with Gasteiger partial charge >= 0.3 is 0 Å². The first-order chi connectivity index (χ1) is 8.74. The molecular weight excluding hydrogens is 232 g/mol. The Morgan fingerprint density at radius 1 is 1.56 bits per heavy atom. The fourth-order valence-electron chi connectivity index (χ4n) is 2.39. The van der Waals surface area contributed by atoms with E-state index in [-0.39, 0.29) is 5.91 Å². The average molecular weight is 250 g/mol. The maximum absolute atomic E-state index is 12.4. The Hall–Kier alpha value is -1.56. The summed E-state index contributed by atoms with van der Waals surface area (Å²) < 4.78 is 5.37. The van der Waals surface area contributed by atoms with E-state index in [1.807, 2.05) is 4.90 Å². The molecule has 1 aromatic rings. The highest BCUT2D eigenvalue weighted by Gasteiger charge is 2.35. The molecule has 3 N–H and O–H groups in total. The highest BCUT2D eigenvalue weighted by atomic mass is 16.5. The molecule has 1 saturated carbocycles. The van der Waals surface area contributed by atoms with Crippen molar-refractivity contribution in [2.75, 3.05) is 25.5 Å². The number of ether oxygens (including phenoxy) is 1. The second kappa shape index (κ2) is 4.61. The molecule has 1 atom stereocenters. The van der Waals surface area contributed by atoms with E-state index in [4.69, 9.17) is 10.5 Å². The normalized spacial score (nSPS) is 23.2. The van der Waals surface area contributed by atoms with E-state index in [0.717, 1.165) is 39.0 Å². The Balaban J connectivity index is 1.70. The summed E-state index contributed by atoms with van der Waals surface area (Å²) in [5.74, 6) is 0.835. The number of carbonyl (C=O) groups is 1. The van der Waals surface area contributed by atoms with Crippen LogP contribution in [0.2, 0.25) is 0 Å². The monoisotopic (exact) mass is 250 g/mol. The molecule has 2 fully saturated rings. The van der Waals surface area contributed by atoms with Gasteiger partial charge in [-0.25, -0.2) is 0 Å². The molecule has 0 spiro atoms. The van der Waals surface area contributed by atoms with Crippen LogP contribution in [0.25, 0.3) is 0 Å². The van der Waals surface area contributed by atoms with E-state index in [1.54, 1.807) is 6.07 Å². The molecule has 2 aliphatic rings. The summed E-state index contributed by atoms with van der Waals surface area (Å²) in [5.41, 5.74) is 6.02. The van der Waals surface area contributed by atoms with Crippen LogP contribution >= 0.6 is 0 Å². The number of H-pyrrole nitrogens is 1. The van der Waals surface area contributed by atoms with E-state index in [2.05, 4.69) is 10.2 Å². The van der Waals surface area contributed by atoms with Crippen molar-refractivity contribution in [2.24, 2.45) is 5.92 Å². The van der Waals surface area contributed by atoms with Gasteiger partial charge in [-0.15, -0.1) is 0 Å². The van der Waals surface area contributed by atoms with Gasteiger partial charge in [-0.05, 0) is 19.3 Å². The lowest BCUT2D eigenvalue weighted by Crippen LogP contribution is -2.37. The van der Waals surface area contributed by atoms with Gasteiger partial charge in [-0.3, -0.25) is 9.89 Å². The summed E-state index contributed by atoms with van der Waals surface area (Å²) in [7, 11) is 0. The van der Waals surface area contributed by atoms with Gasteiger partial charge in [0.1, 0.15) is 11.5 Å². The standard InChI is InChI=1S/C12H18N4O2/c13-11-5-10(14-15-11)12(17)16(9-1-2-9)6-8-3-4-18-7-8/h5,8-9H,1-4,6-7H2,(H3,13,14,15). The number of rotatable bonds is 4. The third-order valence-electron chi connectivity index (χ3n) is 3.56. The van der Waals surface area contributed by atoms with Crippen molar-refractivity contribution >= 4 is 11.7 Å². The van der Waals surface area contributed by atoms with E-state index < -0.39 is 0 Å². The lowest BCUT2D eigenvalue weighted by atomic mass is 10.1. The van der Waals surface area contributed by atoms with Gasteiger partial charge in [-0.1, -0.05) is 0 Å². The minimum Gasteiger partial charge on any atom is -0.382 e. The molecular formula is C12H18N4O2. The van der Waals surface area contributed by atoms with Crippen LogP contribution in [0.15, 0.2) is 6.07 Å². The van der Waals surface area contributed by atoms with Crippen molar-refractivity contribution in [3.63, 3.8) is 0 Å². The zero-order chi connectivity index (χ0) is 12.5. The molecule has 0 bridgehead atoms. The topological polar surface area (TPSA) is 84.2 Å². The summed E-state index contributed by atoms with van der Waals surface area (Å²) >= 11 is 0. The fourth-order valence-corrected chi connectivity index (χ4v) is 2.39. The number of hydrogen-bond acceptors (Lipinski definition) is 4. The number of nitrogens with two attached hydrogens (primary N) is 1. The number of hydrogen-bond donors (Lipinski definition) is 2. The van der Waals surface area contributed by atoms with Gasteiger partial charge in [0.05, 0.1) is 6.61 Å². The number of nitrogens with zero attached hydrogens (tertiary/aromatic N) is 2. The van der Waals surface area contributed by atoms with Gasteiger partial charge in [-0.2, -0.15) is 5.10 Å². The summed E-state index contributed by atoms with van der Waals surface area (Å²) in [6, 6.07) is 1.99. The lowest BCUT2D eigenvalue weighted by Gasteiger charge is -2.24. The highest BCUT2D eigenvalue weighted by Crippen LogP contribution is 2.30. The van der Waals surface area contributed by atoms with Gasteiger partial charge in [0.25, 0.3) is 5.91 Å². The van der Waals surface area contributed by atoms with Crippen molar-refractivity contribution in [3.05, 3.63) is 11.8 Å². The van der Waals surface area contributed by atoms with Crippen LogP contribution in [-0.2, 0) is 4.74 Å². The molecule has 98 valence electrons. The van der Waals surface area contributed by atoms with Crippen molar-refractivity contribution in [2.45, 2.75) is 25.3 Å². The predicted molar refractivity (Wildman–Crippen MR) is 66.0 cm³/mol. The smallest absolute Gasteiger partial charge is 0.272 e. The molecule has 0 radical (unpaired) electrons. The molecule has 2 heterocycles. The maximum atomic E-state index is 12.4. The summed E-state index contributed by atoms with van der Waals surface area (Å²) in [6.45, 7) is 2.36. The van der Waals surface area contributed by atoms with E-state index >= 15 is 0 Å². The van der Waals surface area contributed by atoms with Crippen LogP contribution in [0.1, 0.15) is 29.8 Å². The maximum Gasteiger partial charge on any atom is 0.272 e. The van der Waals surface area contributed by atoms with E-state index in [0.29, 0.717) is 23.5 Å². The molecule has 6 heteroatoms. The lowest BCUT2D eigenvalue weighted by molar-refractivity contribution is 0.0700. The molecule has 1 aromatic heterocycles. The summed E-state index contributed by atoms with van der Waals surface area (Å²) in [4.78, 5) is 14.3. The van der Waals surface area contributed by atoms with E-state index in [9.17, 15) is 4.79 Å². The first-order valence-electron chi connectivity index (χ1n) is 6.43. The summed E-state index contributed by atoms with van der Waals surface area (Å²) in [5, 5.41) is 6.51. The SMILES string of the molecule is Nc1cc(C(=O)N(CC2CCOC2)C2CC2)[nH]n1. The minimum atomic E-state index is 0.00796. The first kappa shape index (κ1) is 11.5. The van der Waals surface area contributed by atoms with Crippen LogP contribution in [0, 0.1) is 5.92 Å². The van der Waals surface area contributed by atoms with Crippen molar-refractivity contribution in [1.82, 2.24) is 15.1 Å². The molecule has 3 rings (SSSR count). The van der Waals surface area contributed by atoms with Crippen LogP contribution in [0.5, 0.6) is 0 Å². The average Bonchev–Trinajstić information content (AvgIpc) is 2.88.